The first-order valence-electron chi connectivity index (χ1n) is 6.60. The number of benzene rings is 1. The van der Waals surface area contributed by atoms with Crippen LogP contribution in [-0.4, -0.2) is 17.1 Å². The molecule has 1 unspecified atom stereocenters. The summed E-state index contributed by atoms with van der Waals surface area (Å²) in [6.45, 7) is 5.55. The minimum Gasteiger partial charge on any atom is -0.497 e. The number of hydrogen-bond donors (Lipinski definition) is 2. The first-order valence-corrected chi connectivity index (χ1v) is 7.39. The van der Waals surface area contributed by atoms with Gasteiger partial charge in [0.05, 0.1) is 30.1 Å². The number of methoxy groups -OCH3 is 1. The van der Waals surface area contributed by atoms with Crippen molar-refractivity contribution < 1.29 is 4.74 Å². The molecule has 0 fully saturated rings. The molecule has 2 N–H and O–H groups in total. The van der Waals surface area contributed by atoms with Crippen LogP contribution >= 0.6 is 15.9 Å². The van der Waals surface area contributed by atoms with Gasteiger partial charge in [-0.3, -0.25) is 4.79 Å². The van der Waals surface area contributed by atoms with Crippen molar-refractivity contribution in [2.24, 2.45) is 0 Å². The van der Waals surface area contributed by atoms with E-state index in [9.17, 15) is 4.79 Å². The summed E-state index contributed by atoms with van der Waals surface area (Å²) >= 11 is 3.49. The highest BCUT2D eigenvalue weighted by atomic mass is 79.9. The van der Waals surface area contributed by atoms with Gasteiger partial charge in [0.15, 0.2) is 0 Å². The fourth-order valence-corrected chi connectivity index (χ4v) is 2.65. The van der Waals surface area contributed by atoms with E-state index in [-0.39, 0.29) is 11.6 Å². The molecule has 1 aromatic heterocycles. The monoisotopic (exact) mass is 351 g/mol. The van der Waals surface area contributed by atoms with E-state index in [4.69, 9.17) is 4.74 Å². The molecule has 0 aliphatic carbocycles. The zero-order valence-corrected chi connectivity index (χ0v) is 14.0. The van der Waals surface area contributed by atoms with Crippen LogP contribution in [0.25, 0.3) is 0 Å². The van der Waals surface area contributed by atoms with E-state index in [0.29, 0.717) is 11.4 Å². The molecule has 1 atom stereocenters. The Morgan fingerprint density at radius 2 is 2.10 bits per heavy atom. The van der Waals surface area contributed by atoms with E-state index >= 15 is 0 Å². The first-order chi connectivity index (χ1) is 9.92. The predicted molar refractivity (Wildman–Crippen MR) is 87.1 cm³/mol. The number of aromatic nitrogens is 2. The summed E-state index contributed by atoms with van der Waals surface area (Å²) in [6, 6.07) is 5.47. The Morgan fingerprint density at radius 1 is 1.38 bits per heavy atom. The molecule has 0 spiro atoms. The van der Waals surface area contributed by atoms with Crippen molar-refractivity contribution >= 4 is 21.6 Å². The van der Waals surface area contributed by atoms with Gasteiger partial charge in [-0.05, 0) is 48.8 Å². The summed E-state index contributed by atoms with van der Waals surface area (Å²) in [5.74, 6) is 1.37. The summed E-state index contributed by atoms with van der Waals surface area (Å²) in [5, 5.41) is 3.32. The molecule has 0 saturated heterocycles. The van der Waals surface area contributed by atoms with E-state index in [1.807, 2.05) is 32.0 Å². The molecule has 0 aliphatic heterocycles. The Kier molecular flexibility index (Phi) is 4.67. The molecular weight excluding hydrogens is 334 g/mol. The lowest BCUT2D eigenvalue weighted by Gasteiger charge is -2.18. The quantitative estimate of drug-likeness (QED) is 0.886. The van der Waals surface area contributed by atoms with E-state index < -0.39 is 0 Å². The van der Waals surface area contributed by atoms with E-state index in [1.165, 1.54) is 0 Å². The maximum absolute atomic E-state index is 12.1. The molecule has 0 amide bonds. The molecule has 0 aliphatic rings. The van der Waals surface area contributed by atoms with Gasteiger partial charge in [0.25, 0.3) is 5.56 Å². The van der Waals surface area contributed by atoms with E-state index in [2.05, 4.69) is 31.2 Å². The summed E-state index contributed by atoms with van der Waals surface area (Å²) in [5.41, 5.74) is 2.12. The highest BCUT2D eigenvalue weighted by Crippen LogP contribution is 2.30. The van der Waals surface area contributed by atoms with E-state index in [1.54, 1.807) is 14.0 Å². The van der Waals surface area contributed by atoms with Crippen molar-refractivity contribution in [1.29, 1.82) is 0 Å². The van der Waals surface area contributed by atoms with Crippen LogP contribution in [0.15, 0.2) is 27.5 Å². The second-order valence-electron chi connectivity index (χ2n) is 4.86. The number of H-pyrrole nitrogens is 1. The third-order valence-corrected chi connectivity index (χ3v) is 3.93. The van der Waals surface area contributed by atoms with Crippen molar-refractivity contribution in [2.75, 3.05) is 12.4 Å². The molecule has 2 aromatic rings. The SMILES string of the molecule is COc1ccc(Br)c(NC(C)c2c(C)nc(C)[nH]c2=O)c1. The molecule has 0 bridgehead atoms. The maximum Gasteiger partial charge on any atom is 0.256 e. The Hall–Kier alpha value is -1.82. The van der Waals surface area contributed by atoms with Gasteiger partial charge in [-0.25, -0.2) is 4.98 Å². The highest BCUT2D eigenvalue weighted by Gasteiger charge is 2.15. The topological polar surface area (TPSA) is 67.0 Å². The molecule has 1 aromatic carbocycles. The number of rotatable bonds is 4. The van der Waals surface area contributed by atoms with Gasteiger partial charge in [0.2, 0.25) is 0 Å². The van der Waals surface area contributed by atoms with Crippen LogP contribution < -0.4 is 15.6 Å². The molecule has 6 heteroatoms. The number of hydrogen-bond acceptors (Lipinski definition) is 4. The molecule has 0 saturated carbocycles. The number of nitrogens with one attached hydrogen (secondary N) is 2. The Labute approximate surface area is 131 Å². The van der Waals surface area contributed by atoms with Gasteiger partial charge in [-0.1, -0.05) is 0 Å². The molecular formula is C15H18BrN3O2. The van der Waals surface area contributed by atoms with Gasteiger partial charge in [-0.15, -0.1) is 0 Å². The number of ether oxygens (including phenoxy) is 1. The number of anilines is 1. The average Bonchev–Trinajstić information content (AvgIpc) is 2.40. The van der Waals surface area contributed by atoms with Gasteiger partial charge < -0.3 is 15.0 Å². The Morgan fingerprint density at radius 3 is 2.71 bits per heavy atom. The van der Waals surface area contributed by atoms with Crippen LogP contribution in [0.1, 0.15) is 30.0 Å². The van der Waals surface area contributed by atoms with Gasteiger partial charge in [0.1, 0.15) is 11.6 Å². The third-order valence-electron chi connectivity index (χ3n) is 3.24. The maximum atomic E-state index is 12.1. The second kappa shape index (κ2) is 6.30. The van der Waals surface area contributed by atoms with Crippen molar-refractivity contribution in [2.45, 2.75) is 26.8 Å². The molecule has 2 rings (SSSR count). The smallest absolute Gasteiger partial charge is 0.256 e. The standard InChI is InChI=1S/C15H18BrN3O2/c1-8-14(15(20)19-10(3)17-8)9(2)18-13-7-11(21-4)5-6-12(13)16/h5-7,9,18H,1-4H3,(H,17,19,20). The lowest BCUT2D eigenvalue weighted by atomic mass is 10.1. The van der Waals surface area contributed by atoms with Crippen LogP contribution in [0.2, 0.25) is 0 Å². The lowest BCUT2D eigenvalue weighted by molar-refractivity contribution is 0.415. The fourth-order valence-electron chi connectivity index (χ4n) is 2.29. The van der Waals surface area contributed by atoms with Crippen LogP contribution in [0, 0.1) is 13.8 Å². The largest absolute Gasteiger partial charge is 0.497 e. The molecule has 1 heterocycles. The van der Waals surface area contributed by atoms with Crippen LogP contribution in [0.3, 0.4) is 0 Å². The fraction of sp³-hybridized carbons (Fsp3) is 0.333. The highest BCUT2D eigenvalue weighted by molar-refractivity contribution is 9.10. The van der Waals surface area contributed by atoms with Crippen LogP contribution in [0.4, 0.5) is 5.69 Å². The zero-order valence-electron chi connectivity index (χ0n) is 12.5. The molecule has 0 radical (unpaired) electrons. The second-order valence-corrected chi connectivity index (χ2v) is 5.72. The summed E-state index contributed by atoms with van der Waals surface area (Å²) in [6.07, 6.45) is 0. The van der Waals surface area contributed by atoms with Crippen LogP contribution in [0.5, 0.6) is 5.75 Å². The van der Waals surface area contributed by atoms with Gasteiger partial charge in [-0.2, -0.15) is 0 Å². The Balaban J connectivity index is 2.34. The predicted octanol–water partition coefficient (Wildman–Crippen LogP) is 3.33. The van der Waals surface area contributed by atoms with Crippen molar-refractivity contribution in [3.8, 4) is 5.75 Å². The third kappa shape index (κ3) is 3.44. The zero-order chi connectivity index (χ0) is 15.6. The van der Waals surface area contributed by atoms with Crippen molar-refractivity contribution in [1.82, 2.24) is 9.97 Å². The normalized spacial score (nSPS) is 12.0. The average molecular weight is 352 g/mol. The molecule has 21 heavy (non-hydrogen) atoms. The van der Waals surface area contributed by atoms with Gasteiger partial charge >= 0.3 is 0 Å². The minimum atomic E-state index is -0.176. The number of aryl methyl sites for hydroxylation is 2. The summed E-state index contributed by atoms with van der Waals surface area (Å²) < 4.78 is 6.13. The summed E-state index contributed by atoms with van der Waals surface area (Å²) in [7, 11) is 1.62. The first kappa shape index (κ1) is 15.6. The lowest BCUT2D eigenvalue weighted by Crippen LogP contribution is -2.23. The number of aromatic amines is 1. The van der Waals surface area contributed by atoms with E-state index in [0.717, 1.165) is 21.6 Å². The molecule has 5 nitrogen and oxygen atoms in total. The van der Waals surface area contributed by atoms with Crippen molar-refractivity contribution in [3.63, 3.8) is 0 Å². The van der Waals surface area contributed by atoms with Crippen molar-refractivity contribution in [3.05, 3.63) is 50.1 Å². The Bertz CT molecular complexity index is 713. The van der Waals surface area contributed by atoms with Gasteiger partial charge in [0, 0.05) is 10.5 Å². The molecule has 112 valence electrons. The van der Waals surface area contributed by atoms with Crippen LogP contribution in [-0.2, 0) is 0 Å². The number of halogens is 1. The number of nitrogens with zero attached hydrogens (tertiary/aromatic N) is 1. The minimum absolute atomic E-state index is 0.112. The summed E-state index contributed by atoms with van der Waals surface area (Å²) in [4.78, 5) is 19.2.